The number of aromatic nitrogens is 5. The summed E-state index contributed by atoms with van der Waals surface area (Å²) in [7, 11) is -3.39. The molecule has 4 aromatic rings. The molecule has 0 aliphatic carbocycles. The first-order chi connectivity index (χ1) is 21.8. The van der Waals surface area contributed by atoms with Crippen LogP contribution in [-0.4, -0.2) is 85.0 Å². The van der Waals surface area contributed by atoms with Gasteiger partial charge in [0.1, 0.15) is 0 Å². The summed E-state index contributed by atoms with van der Waals surface area (Å²) < 4.78 is 84.5. The van der Waals surface area contributed by atoms with E-state index in [2.05, 4.69) is 38.8 Å². The summed E-state index contributed by atoms with van der Waals surface area (Å²) in [4.78, 5) is 11.4. The first-order valence-corrected chi connectivity index (χ1v) is 19.6. The molecule has 11 nitrogen and oxygen atoms in total. The molecule has 0 bridgehead atoms. The molecule has 0 unspecified atom stereocenters. The van der Waals surface area contributed by atoms with E-state index in [1.54, 1.807) is 16.6 Å². The minimum atomic E-state index is -4.52. The van der Waals surface area contributed by atoms with Crippen molar-refractivity contribution in [2.24, 2.45) is 0 Å². The van der Waals surface area contributed by atoms with Crippen LogP contribution in [-0.2, 0) is 38.6 Å². The van der Waals surface area contributed by atoms with Gasteiger partial charge >= 0.3 is 16.4 Å². The number of nitrogens with zero attached hydrogens (tertiary/aromatic N) is 7. The van der Waals surface area contributed by atoms with E-state index in [-0.39, 0.29) is 29.5 Å². The highest BCUT2D eigenvalue weighted by molar-refractivity contribution is 7.87. The Morgan fingerprint density at radius 2 is 1.79 bits per heavy atom. The van der Waals surface area contributed by atoms with E-state index in [9.17, 15) is 21.6 Å². The summed E-state index contributed by atoms with van der Waals surface area (Å²) in [5.41, 5.74) is 1.64. The van der Waals surface area contributed by atoms with Crippen molar-refractivity contribution in [1.82, 2.24) is 27.9 Å². The van der Waals surface area contributed by atoms with Gasteiger partial charge in [0.15, 0.2) is 25.6 Å². The molecule has 1 saturated heterocycles. The van der Waals surface area contributed by atoms with Crippen LogP contribution in [0.5, 0.6) is 0 Å². The predicted octanol–water partition coefficient (Wildman–Crippen LogP) is 5.52. The van der Waals surface area contributed by atoms with Crippen LogP contribution in [0.4, 0.5) is 19.0 Å². The van der Waals surface area contributed by atoms with Crippen LogP contribution in [0.25, 0.3) is 17.0 Å². The zero-order chi connectivity index (χ0) is 34.5. The van der Waals surface area contributed by atoms with Gasteiger partial charge in [-0.25, -0.2) is 18.5 Å². The van der Waals surface area contributed by atoms with Crippen molar-refractivity contribution in [1.29, 1.82) is 0 Å². The summed E-state index contributed by atoms with van der Waals surface area (Å²) in [6.07, 6.45) is -1.67. The van der Waals surface area contributed by atoms with Gasteiger partial charge in [-0.15, -0.1) is 5.10 Å². The van der Waals surface area contributed by atoms with Crippen LogP contribution < -0.4 is 4.90 Å². The Kier molecular flexibility index (Phi) is 9.39. The number of hydrogen-bond donors (Lipinski definition) is 0. The lowest BCUT2D eigenvalue weighted by Gasteiger charge is -2.36. The lowest BCUT2D eigenvalue weighted by molar-refractivity contribution is -0.138. The summed E-state index contributed by atoms with van der Waals surface area (Å²) in [6.45, 7) is 14.2. The Balaban J connectivity index is 1.78. The highest BCUT2D eigenvalue weighted by Crippen LogP contribution is 2.38. The molecule has 47 heavy (non-hydrogen) atoms. The fourth-order valence-electron chi connectivity index (χ4n) is 5.17. The monoisotopic (exact) mass is 693 g/mol. The molecule has 3 aromatic heterocycles. The van der Waals surface area contributed by atoms with Gasteiger partial charge in [-0.3, -0.25) is 0 Å². The maximum Gasteiger partial charge on any atom is 0.416 e. The van der Waals surface area contributed by atoms with Crippen LogP contribution in [0.1, 0.15) is 48.8 Å². The fourth-order valence-corrected chi connectivity index (χ4v) is 7.03. The minimum absolute atomic E-state index is 0.0799. The van der Waals surface area contributed by atoms with Crippen molar-refractivity contribution < 1.29 is 30.8 Å². The molecule has 0 radical (unpaired) electrons. The van der Waals surface area contributed by atoms with Crippen LogP contribution in [0.3, 0.4) is 0 Å². The Morgan fingerprint density at radius 1 is 1.11 bits per heavy atom. The van der Waals surface area contributed by atoms with Crippen molar-refractivity contribution >= 4 is 30.0 Å². The van der Waals surface area contributed by atoms with Gasteiger partial charge in [-0.05, 0) is 48.3 Å². The van der Waals surface area contributed by atoms with Gasteiger partial charge in [0, 0.05) is 46.0 Å². The van der Waals surface area contributed by atoms with Gasteiger partial charge < -0.3 is 14.1 Å². The van der Waals surface area contributed by atoms with Gasteiger partial charge in [0.2, 0.25) is 0 Å². The third-order valence-corrected chi connectivity index (χ3v) is 15.3. The van der Waals surface area contributed by atoms with Gasteiger partial charge in [0.05, 0.1) is 42.3 Å². The fraction of sp³-hybridized carbons (Fsp3) is 0.516. The van der Waals surface area contributed by atoms with Crippen molar-refractivity contribution in [2.45, 2.75) is 65.0 Å². The summed E-state index contributed by atoms with van der Waals surface area (Å²) >= 11 is 0. The SMILES string of the molecule is Cc1c(Cc2c(CO[Si](C)(C)C(C)(C)C)nc3c(-c4nccn4S(=O)(=O)N(C)C)cc(N4CCOCC4)nn23)cccc1C(F)(F)F. The zero-order valence-electron chi connectivity index (χ0n) is 28.0. The number of morpholine rings is 1. The topological polar surface area (TPSA) is 107 Å². The Morgan fingerprint density at radius 3 is 2.40 bits per heavy atom. The normalized spacial score (nSPS) is 15.3. The molecule has 1 aliphatic rings. The van der Waals surface area contributed by atoms with E-state index in [1.807, 2.05) is 4.90 Å². The van der Waals surface area contributed by atoms with Gasteiger partial charge in [-0.1, -0.05) is 32.9 Å². The van der Waals surface area contributed by atoms with E-state index in [1.165, 1.54) is 39.5 Å². The first-order valence-electron chi connectivity index (χ1n) is 15.3. The van der Waals surface area contributed by atoms with Crippen molar-refractivity contribution in [3.63, 3.8) is 0 Å². The summed E-state index contributed by atoms with van der Waals surface area (Å²) in [6, 6.07) is 5.91. The molecule has 1 aromatic carbocycles. The third kappa shape index (κ3) is 6.83. The lowest BCUT2D eigenvalue weighted by Crippen LogP contribution is -2.40. The Labute approximate surface area is 274 Å². The van der Waals surface area contributed by atoms with Gasteiger partial charge in [-0.2, -0.15) is 25.9 Å². The molecule has 256 valence electrons. The molecule has 0 amide bonds. The number of hydrogen-bond acceptors (Lipinski definition) is 8. The molecule has 1 aliphatic heterocycles. The van der Waals surface area contributed by atoms with E-state index in [0.717, 1.165) is 14.3 Å². The highest BCUT2D eigenvalue weighted by atomic mass is 32.2. The molecular weight excluding hydrogens is 652 g/mol. The zero-order valence-corrected chi connectivity index (χ0v) is 29.8. The molecule has 16 heteroatoms. The molecule has 0 N–H and O–H groups in total. The van der Waals surface area contributed by atoms with Crippen molar-refractivity contribution in [2.75, 3.05) is 45.3 Å². The van der Waals surface area contributed by atoms with Crippen molar-refractivity contribution in [3.05, 3.63) is 64.7 Å². The number of imidazole rings is 2. The van der Waals surface area contributed by atoms with Gasteiger partial charge in [0.25, 0.3) is 0 Å². The molecule has 1 fully saturated rings. The number of anilines is 1. The second kappa shape index (κ2) is 12.6. The number of alkyl halides is 3. The minimum Gasteiger partial charge on any atom is -0.411 e. The van der Waals surface area contributed by atoms with E-state index >= 15 is 0 Å². The van der Waals surface area contributed by atoms with Crippen LogP contribution in [0, 0.1) is 6.92 Å². The predicted molar refractivity (Wildman–Crippen MR) is 176 cm³/mol. The average molecular weight is 694 g/mol. The highest BCUT2D eigenvalue weighted by Gasteiger charge is 2.38. The smallest absolute Gasteiger partial charge is 0.411 e. The maximum absolute atomic E-state index is 13.9. The summed E-state index contributed by atoms with van der Waals surface area (Å²) in [5.74, 6) is 0.660. The van der Waals surface area contributed by atoms with Crippen LogP contribution >= 0.6 is 0 Å². The summed E-state index contributed by atoms with van der Waals surface area (Å²) in [5, 5.41) is 4.86. The second-order valence-corrected chi connectivity index (χ2v) is 20.2. The maximum atomic E-state index is 13.9. The number of fused-ring (bicyclic) bond motifs is 1. The Hall–Kier alpha value is -3.31. The number of halogens is 3. The quantitative estimate of drug-likeness (QED) is 0.211. The number of ether oxygens (including phenoxy) is 1. The van der Waals surface area contributed by atoms with Crippen molar-refractivity contribution in [3.8, 4) is 11.4 Å². The van der Waals surface area contributed by atoms with Crippen LogP contribution in [0.2, 0.25) is 18.1 Å². The average Bonchev–Trinajstić information content (AvgIpc) is 3.62. The molecular formula is C31H42F3N7O4SSi. The second-order valence-electron chi connectivity index (χ2n) is 13.4. The number of rotatable bonds is 9. The van der Waals surface area contributed by atoms with E-state index < -0.39 is 30.3 Å². The molecule has 0 atom stereocenters. The number of benzene rings is 1. The standard InChI is InChI=1S/C31H42F3N7O4SSi/c1-21-22(10-9-11-24(21)31(32,33)34)18-26-25(20-45-47(7,8)30(2,3)4)36-29-23(28-35-12-13-40(28)46(42,43)38(5)6)19-27(37-41(26)29)39-14-16-44-17-15-39/h9-13,19H,14-18,20H2,1-8H3. The van der Waals surface area contributed by atoms with E-state index in [0.29, 0.717) is 60.3 Å². The molecule has 0 saturated carbocycles. The Bertz CT molecular complexity index is 1880. The largest absolute Gasteiger partial charge is 0.416 e. The lowest BCUT2D eigenvalue weighted by atomic mass is 9.98. The molecule has 5 rings (SSSR count). The molecule has 0 spiro atoms. The third-order valence-electron chi connectivity index (χ3n) is 9.13. The first kappa shape index (κ1) is 35.0. The molecule has 4 heterocycles. The van der Waals surface area contributed by atoms with Crippen LogP contribution in [0.15, 0.2) is 36.7 Å². The van der Waals surface area contributed by atoms with E-state index in [4.69, 9.17) is 19.2 Å².